The lowest BCUT2D eigenvalue weighted by Crippen LogP contribution is -2.61. The van der Waals surface area contributed by atoms with Gasteiger partial charge in [-0.25, -0.2) is 4.79 Å². The van der Waals surface area contributed by atoms with Crippen LogP contribution in [0.15, 0.2) is 102 Å². The molecule has 4 rings (SSSR count). The number of guanidine groups is 1. The number of carbonyl (C=O) groups is 8. The molecule has 4 aromatic rings. The molecular formula is C51H64N10O14. The fourth-order valence-electron chi connectivity index (χ4n) is 7.50. The molecule has 0 aromatic heterocycles. The number of hydrogen-bond donors (Lipinski definition) is 15. The smallest absolute Gasteiger partial charge is 0.326 e. The first-order chi connectivity index (χ1) is 35.5. The number of phenolic OH excluding ortho intramolecular Hbond substituents is 4. The van der Waals surface area contributed by atoms with Crippen molar-refractivity contribution in [1.82, 2.24) is 31.9 Å². The molecule has 0 unspecified atom stereocenters. The van der Waals surface area contributed by atoms with E-state index < -0.39 is 102 Å². The van der Waals surface area contributed by atoms with Gasteiger partial charge >= 0.3 is 11.9 Å². The first kappa shape index (κ1) is 58.6. The Kier molecular flexibility index (Phi) is 22.2. The first-order valence-corrected chi connectivity index (χ1v) is 23.7. The van der Waals surface area contributed by atoms with Crippen molar-refractivity contribution in [3.8, 4) is 23.0 Å². The highest BCUT2D eigenvalue weighted by Gasteiger charge is 2.35. The van der Waals surface area contributed by atoms with Crippen LogP contribution >= 0.6 is 0 Å². The third kappa shape index (κ3) is 19.9. The zero-order valence-electron chi connectivity index (χ0n) is 41.1. The lowest BCUT2D eigenvalue weighted by atomic mass is 9.98. The van der Waals surface area contributed by atoms with E-state index in [4.69, 9.17) is 17.2 Å². The minimum absolute atomic E-state index is 0.0647. The number of carboxylic acids is 2. The van der Waals surface area contributed by atoms with Crippen molar-refractivity contribution in [1.29, 1.82) is 0 Å². The summed E-state index contributed by atoms with van der Waals surface area (Å²) in [6.45, 7) is 3.24. The molecule has 7 atom stereocenters. The summed E-state index contributed by atoms with van der Waals surface area (Å²) >= 11 is 0. The highest BCUT2D eigenvalue weighted by Crippen LogP contribution is 2.17. The topological polar surface area (TPSA) is 421 Å². The van der Waals surface area contributed by atoms with E-state index in [0.29, 0.717) is 22.3 Å². The second-order valence-electron chi connectivity index (χ2n) is 18.0. The number of phenols is 4. The van der Waals surface area contributed by atoms with Crippen LogP contribution in [0.3, 0.4) is 0 Å². The van der Waals surface area contributed by atoms with Gasteiger partial charge in [-0.3, -0.25) is 38.6 Å². The van der Waals surface area contributed by atoms with Gasteiger partial charge in [0.1, 0.15) is 59.2 Å². The van der Waals surface area contributed by atoms with Crippen LogP contribution in [0.2, 0.25) is 0 Å². The average molecular weight is 1040 g/mol. The fraction of sp³-hybridized carbons (Fsp3) is 0.353. The van der Waals surface area contributed by atoms with Gasteiger partial charge in [0.15, 0.2) is 5.96 Å². The molecule has 24 heteroatoms. The van der Waals surface area contributed by atoms with E-state index >= 15 is 0 Å². The maximum absolute atomic E-state index is 14.5. The highest BCUT2D eigenvalue weighted by atomic mass is 16.4. The van der Waals surface area contributed by atoms with Gasteiger partial charge in [-0.2, -0.15) is 0 Å². The van der Waals surface area contributed by atoms with E-state index in [0.717, 1.165) is 0 Å². The second-order valence-corrected chi connectivity index (χ2v) is 18.0. The van der Waals surface area contributed by atoms with Gasteiger partial charge in [-0.05, 0) is 89.5 Å². The second kappa shape index (κ2) is 28.3. The zero-order chi connectivity index (χ0) is 55.4. The van der Waals surface area contributed by atoms with Gasteiger partial charge in [-0.1, -0.05) is 62.4 Å². The van der Waals surface area contributed by atoms with Crippen molar-refractivity contribution < 1.29 is 69.0 Å². The summed E-state index contributed by atoms with van der Waals surface area (Å²) in [5.41, 5.74) is 18.3. The number of nitrogens with zero attached hydrogens (tertiary/aromatic N) is 1. The third-order valence-corrected chi connectivity index (χ3v) is 11.6. The van der Waals surface area contributed by atoms with Crippen LogP contribution in [0.25, 0.3) is 0 Å². The lowest BCUT2D eigenvalue weighted by molar-refractivity contribution is -0.142. The molecule has 402 valence electrons. The average Bonchev–Trinajstić information content (AvgIpc) is 3.35. The quantitative estimate of drug-likeness (QED) is 0.0190. The number of carboxylic acid groups (broad SMARTS) is 2. The molecule has 0 aliphatic carbocycles. The molecule has 0 heterocycles. The zero-order valence-corrected chi connectivity index (χ0v) is 41.1. The van der Waals surface area contributed by atoms with Gasteiger partial charge in [0.25, 0.3) is 0 Å². The largest absolute Gasteiger partial charge is 0.508 e. The van der Waals surface area contributed by atoms with Crippen molar-refractivity contribution in [3.63, 3.8) is 0 Å². The van der Waals surface area contributed by atoms with Crippen LogP contribution in [0, 0.1) is 5.92 Å². The van der Waals surface area contributed by atoms with Gasteiger partial charge in [-0.15, -0.1) is 0 Å². The number of nitrogens with one attached hydrogen (secondary N) is 6. The summed E-state index contributed by atoms with van der Waals surface area (Å²) in [4.78, 5) is 112. The lowest BCUT2D eigenvalue weighted by Gasteiger charge is -2.29. The summed E-state index contributed by atoms with van der Waals surface area (Å²) in [5, 5.41) is 74.4. The first-order valence-electron chi connectivity index (χ1n) is 23.7. The molecule has 4 aromatic carbocycles. The number of aliphatic carboxylic acids is 2. The van der Waals surface area contributed by atoms with Crippen molar-refractivity contribution in [2.24, 2.45) is 28.1 Å². The molecule has 0 fully saturated rings. The van der Waals surface area contributed by atoms with Crippen LogP contribution in [-0.4, -0.2) is 133 Å². The van der Waals surface area contributed by atoms with Crippen LogP contribution < -0.4 is 49.1 Å². The minimum atomic E-state index is -1.57. The van der Waals surface area contributed by atoms with E-state index in [-0.39, 0.29) is 74.0 Å². The number of aliphatic imine (C=N–C) groups is 1. The van der Waals surface area contributed by atoms with Crippen molar-refractivity contribution >= 4 is 53.3 Å². The van der Waals surface area contributed by atoms with Crippen LogP contribution in [0.5, 0.6) is 23.0 Å². The monoisotopic (exact) mass is 1040 g/mol. The van der Waals surface area contributed by atoms with Gasteiger partial charge in [0.2, 0.25) is 35.4 Å². The molecule has 0 saturated carbocycles. The number of hydrogen-bond acceptors (Lipinski definition) is 14. The third-order valence-electron chi connectivity index (χ3n) is 11.6. The van der Waals surface area contributed by atoms with E-state index in [1.54, 1.807) is 13.8 Å². The Labute approximate surface area is 431 Å². The van der Waals surface area contributed by atoms with Crippen LogP contribution in [0.1, 0.15) is 55.4 Å². The Hall–Kier alpha value is -8.93. The number of aromatic hydroxyl groups is 4. The molecule has 0 aliphatic heterocycles. The SMILES string of the molecule is CC(C)[C@H](NC(=O)[C@H](Cc1ccc(O)cc1)NC(=O)[C@H](Cc1ccc(O)cc1)NC(=O)[C@@H](N)CC(=O)O)C(=O)N[C@@H](Cc1ccc(O)cc1)C(=O)N[C@@H](Cc1ccc(O)cc1)C(=O)N[C@@H](CCCN=C(N)N)C(=O)O. The number of rotatable bonds is 28. The Balaban J connectivity index is 1.66. The molecule has 0 aliphatic rings. The maximum atomic E-state index is 14.5. The standard InChI is InChI=1S/C51H64N10O14/c1-27(2)43(61-48(72)41(25-31-11-19-35(65)20-12-31)59-46(70)38(22-28-5-13-32(62)14-6-28)57-44(68)36(52)26-42(66)67)49(73)60-40(24-30-9-17-34(64)18-10-30)47(71)58-39(23-29-7-15-33(63)16-8-29)45(69)56-37(50(74)75)4-3-21-55-51(53)54/h5-20,27,36-41,43,62-65H,3-4,21-26,52H2,1-2H3,(H,56,69)(H,57,68)(H,58,71)(H,59,70)(H,60,73)(H,61,72)(H,66,67)(H,74,75)(H4,53,54,55)/t36-,37-,38-,39-,40-,41-,43-/m0/s1. The molecule has 18 N–H and O–H groups in total. The Morgan fingerprint density at radius 1 is 0.467 bits per heavy atom. The minimum Gasteiger partial charge on any atom is -0.508 e. The molecule has 0 spiro atoms. The van der Waals surface area contributed by atoms with E-state index in [2.05, 4.69) is 36.9 Å². The van der Waals surface area contributed by atoms with Crippen molar-refractivity contribution in [2.75, 3.05) is 6.54 Å². The van der Waals surface area contributed by atoms with E-state index in [1.165, 1.54) is 97.1 Å². The molecular weight excluding hydrogens is 977 g/mol. The Morgan fingerprint density at radius 2 is 0.773 bits per heavy atom. The number of nitrogens with two attached hydrogens (primary N) is 3. The Bertz CT molecular complexity index is 2630. The summed E-state index contributed by atoms with van der Waals surface area (Å²) in [5.74, 6) is -9.65. The number of carbonyl (C=O) groups excluding carboxylic acids is 6. The predicted octanol–water partition coefficient (Wildman–Crippen LogP) is -0.715. The van der Waals surface area contributed by atoms with Crippen molar-refractivity contribution in [2.45, 2.75) is 101 Å². The number of amides is 6. The maximum Gasteiger partial charge on any atom is 0.326 e. The molecule has 0 bridgehead atoms. The Morgan fingerprint density at radius 3 is 1.08 bits per heavy atom. The van der Waals surface area contributed by atoms with E-state index in [1.807, 2.05) is 0 Å². The number of benzene rings is 4. The van der Waals surface area contributed by atoms with Gasteiger partial charge in [0.05, 0.1) is 12.5 Å². The molecule has 24 nitrogen and oxygen atoms in total. The van der Waals surface area contributed by atoms with Gasteiger partial charge < -0.3 is 79.7 Å². The summed E-state index contributed by atoms with van der Waals surface area (Å²) in [6.07, 6.45) is -1.62. The molecule has 6 amide bonds. The fourth-order valence-corrected chi connectivity index (χ4v) is 7.50. The molecule has 0 saturated heterocycles. The predicted molar refractivity (Wildman–Crippen MR) is 271 cm³/mol. The summed E-state index contributed by atoms with van der Waals surface area (Å²) < 4.78 is 0. The highest BCUT2D eigenvalue weighted by molar-refractivity contribution is 5.97. The van der Waals surface area contributed by atoms with Crippen molar-refractivity contribution in [3.05, 3.63) is 119 Å². The van der Waals surface area contributed by atoms with Crippen LogP contribution in [-0.2, 0) is 64.0 Å². The van der Waals surface area contributed by atoms with Crippen LogP contribution in [0.4, 0.5) is 0 Å². The van der Waals surface area contributed by atoms with E-state index in [9.17, 15) is 69.0 Å². The summed E-state index contributed by atoms with van der Waals surface area (Å²) in [7, 11) is 0. The molecule has 0 radical (unpaired) electrons. The normalized spacial score (nSPS) is 13.8. The van der Waals surface area contributed by atoms with Gasteiger partial charge in [0, 0.05) is 32.2 Å². The molecule has 75 heavy (non-hydrogen) atoms. The summed E-state index contributed by atoms with van der Waals surface area (Å²) in [6, 6.07) is 12.2.